The van der Waals surface area contributed by atoms with Crippen molar-refractivity contribution in [1.82, 2.24) is 9.80 Å². The molecule has 1 unspecified atom stereocenters. The minimum atomic E-state index is -0.257. The standard InChI is InChI=1S/C25H25N3O3/c29-24(26-21-11-10-18-6-4-5-9-20(18)16-21)27-14-12-22(13-15-27)28-23(17-31-25(28)30)19-7-2-1-3-8-19/h1-11,16,22-23H,12-15,17H2,(H,26,29). The Hall–Kier alpha value is -3.54. The second-order valence-electron chi connectivity index (χ2n) is 8.12. The number of nitrogens with zero attached hydrogens (tertiary/aromatic N) is 2. The van der Waals surface area contributed by atoms with E-state index >= 15 is 0 Å². The van der Waals surface area contributed by atoms with Gasteiger partial charge in [0.25, 0.3) is 0 Å². The Bertz CT molecular complexity index is 1090. The number of anilines is 1. The summed E-state index contributed by atoms with van der Waals surface area (Å²) in [6.07, 6.45) is 1.22. The van der Waals surface area contributed by atoms with Crippen LogP contribution in [-0.4, -0.2) is 47.7 Å². The number of hydrogen-bond donors (Lipinski definition) is 1. The van der Waals surface area contributed by atoms with E-state index < -0.39 is 0 Å². The maximum atomic E-state index is 12.8. The molecule has 31 heavy (non-hydrogen) atoms. The zero-order chi connectivity index (χ0) is 21.2. The molecule has 0 aliphatic carbocycles. The third-order valence-electron chi connectivity index (χ3n) is 6.24. The highest BCUT2D eigenvalue weighted by Gasteiger charge is 2.40. The van der Waals surface area contributed by atoms with Crippen molar-refractivity contribution in [3.8, 4) is 0 Å². The van der Waals surface area contributed by atoms with E-state index in [1.807, 2.05) is 76.5 Å². The number of likely N-dealkylation sites (tertiary alicyclic amines) is 1. The van der Waals surface area contributed by atoms with Crippen LogP contribution in [0.5, 0.6) is 0 Å². The first-order valence-electron chi connectivity index (χ1n) is 10.7. The van der Waals surface area contributed by atoms with Crippen LogP contribution >= 0.6 is 0 Å². The molecule has 0 radical (unpaired) electrons. The fourth-order valence-electron chi connectivity index (χ4n) is 4.58. The summed E-state index contributed by atoms with van der Waals surface area (Å²) >= 11 is 0. The van der Waals surface area contributed by atoms with Crippen LogP contribution in [0.3, 0.4) is 0 Å². The van der Waals surface area contributed by atoms with Gasteiger partial charge in [-0.25, -0.2) is 9.59 Å². The van der Waals surface area contributed by atoms with E-state index in [0.717, 1.165) is 34.9 Å². The molecule has 0 aromatic heterocycles. The summed E-state index contributed by atoms with van der Waals surface area (Å²) in [6.45, 7) is 1.59. The van der Waals surface area contributed by atoms with Crippen LogP contribution in [-0.2, 0) is 4.74 Å². The number of amides is 3. The van der Waals surface area contributed by atoms with E-state index in [2.05, 4.69) is 11.4 Å². The third kappa shape index (κ3) is 3.93. The number of carbonyl (C=O) groups excluding carboxylic acids is 2. The Morgan fingerprint density at radius 3 is 2.39 bits per heavy atom. The molecule has 5 rings (SSSR count). The lowest BCUT2D eigenvalue weighted by Gasteiger charge is -2.37. The van der Waals surface area contributed by atoms with Gasteiger partial charge in [-0.2, -0.15) is 0 Å². The number of hydrogen-bond acceptors (Lipinski definition) is 3. The second kappa shape index (κ2) is 8.30. The SMILES string of the molecule is O=C(Nc1ccc2ccccc2c1)N1CCC(N2C(=O)OCC2c2ccccc2)CC1. The molecule has 1 atom stereocenters. The summed E-state index contributed by atoms with van der Waals surface area (Å²) in [5.74, 6) is 0. The number of urea groups is 1. The molecule has 2 saturated heterocycles. The highest BCUT2D eigenvalue weighted by Crippen LogP contribution is 2.33. The molecule has 3 amide bonds. The Morgan fingerprint density at radius 2 is 1.61 bits per heavy atom. The number of cyclic esters (lactones) is 1. The summed E-state index contributed by atoms with van der Waals surface area (Å²) in [4.78, 5) is 28.9. The molecule has 0 spiro atoms. The summed E-state index contributed by atoms with van der Waals surface area (Å²) in [7, 11) is 0. The summed E-state index contributed by atoms with van der Waals surface area (Å²) in [6, 6.07) is 23.9. The normalized spacial score (nSPS) is 19.5. The van der Waals surface area contributed by atoms with Crippen LogP contribution in [0.2, 0.25) is 0 Å². The minimum absolute atomic E-state index is 0.0586. The van der Waals surface area contributed by atoms with Gasteiger partial charge >= 0.3 is 12.1 Å². The third-order valence-corrected chi connectivity index (χ3v) is 6.24. The number of rotatable bonds is 3. The van der Waals surface area contributed by atoms with Gasteiger partial charge in [-0.3, -0.25) is 4.90 Å². The monoisotopic (exact) mass is 415 g/mol. The highest BCUT2D eigenvalue weighted by atomic mass is 16.6. The first-order chi connectivity index (χ1) is 15.2. The van der Waals surface area contributed by atoms with E-state index in [4.69, 9.17) is 4.74 Å². The molecule has 2 aliphatic rings. The number of carbonyl (C=O) groups is 2. The Labute approximate surface area is 181 Å². The Balaban J connectivity index is 1.22. The first-order valence-corrected chi connectivity index (χ1v) is 10.7. The molecule has 158 valence electrons. The molecule has 2 aliphatic heterocycles. The van der Waals surface area contributed by atoms with Gasteiger partial charge in [-0.15, -0.1) is 0 Å². The van der Waals surface area contributed by atoms with Gasteiger partial charge in [0.05, 0.1) is 6.04 Å². The molecule has 3 aromatic rings. The topological polar surface area (TPSA) is 61.9 Å². The predicted octanol–water partition coefficient (Wildman–Crippen LogP) is 5.03. The number of ether oxygens (including phenoxy) is 1. The number of fused-ring (bicyclic) bond motifs is 1. The van der Waals surface area contributed by atoms with Crippen molar-refractivity contribution in [1.29, 1.82) is 0 Å². The summed E-state index contributed by atoms with van der Waals surface area (Å²) < 4.78 is 5.37. The van der Waals surface area contributed by atoms with Gasteiger partial charge in [0.1, 0.15) is 6.61 Å². The maximum Gasteiger partial charge on any atom is 0.410 e. The van der Waals surface area contributed by atoms with E-state index in [1.54, 1.807) is 0 Å². The number of benzene rings is 3. The maximum absolute atomic E-state index is 12.8. The minimum Gasteiger partial charge on any atom is -0.447 e. The summed E-state index contributed by atoms with van der Waals surface area (Å²) in [5.41, 5.74) is 1.88. The van der Waals surface area contributed by atoms with Crippen molar-refractivity contribution in [2.24, 2.45) is 0 Å². The van der Waals surface area contributed by atoms with Crippen LogP contribution in [0.15, 0.2) is 72.8 Å². The van der Waals surface area contributed by atoms with Crippen LogP contribution < -0.4 is 5.32 Å². The Kier molecular flexibility index (Phi) is 5.20. The van der Waals surface area contributed by atoms with Gasteiger partial charge in [-0.1, -0.05) is 60.7 Å². The van der Waals surface area contributed by atoms with Crippen molar-refractivity contribution in [2.75, 3.05) is 25.0 Å². The van der Waals surface area contributed by atoms with E-state index in [9.17, 15) is 9.59 Å². The zero-order valence-corrected chi connectivity index (χ0v) is 17.2. The average molecular weight is 415 g/mol. The smallest absolute Gasteiger partial charge is 0.410 e. The molecule has 0 saturated carbocycles. The molecule has 3 aromatic carbocycles. The lowest BCUT2D eigenvalue weighted by atomic mass is 9.99. The van der Waals surface area contributed by atoms with Crippen molar-refractivity contribution < 1.29 is 14.3 Å². The molecule has 6 heteroatoms. The van der Waals surface area contributed by atoms with E-state index in [-0.39, 0.29) is 24.2 Å². The second-order valence-corrected chi connectivity index (χ2v) is 8.12. The largest absolute Gasteiger partial charge is 0.447 e. The molecule has 2 fully saturated rings. The molecular weight excluding hydrogens is 390 g/mol. The van der Waals surface area contributed by atoms with Crippen LogP contribution in [0.25, 0.3) is 10.8 Å². The lowest BCUT2D eigenvalue weighted by Crippen LogP contribution is -2.48. The Morgan fingerprint density at radius 1 is 0.903 bits per heavy atom. The van der Waals surface area contributed by atoms with Gasteiger partial charge < -0.3 is 15.0 Å². The zero-order valence-electron chi connectivity index (χ0n) is 17.2. The number of piperidine rings is 1. The fourth-order valence-corrected chi connectivity index (χ4v) is 4.58. The van der Waals surface area contributed by atoms with Gasteiger partial charge in [0.2, 0.25) is 0 Å². The predicted molar refractivity (Wildman–Crippen MR) is 120 cm³/mol. The van der Waals surface area contributed by atoms with Crippen molar-refractivity contribution in [3.63, 3.8) is 0 Å². The molecule has 0 bridgehead atoms. The number of nitrogens with one attached hydrogen (secondary N) is 1. The molecule has 6 nitrogen and oxygen atoms in total. The van der Waals surface area contributed by atoms with Gasteiger partial charge in [-0.05, 0) is 41.3 Å². The van der Waals surface area contributed by atoms with Crippen molar-refractivity contribution in [2.45, 2.75) is 24.9 Å². The van der Waals surface area contributed by atoms with Crippen molar-refractivity contribution >= 4 is 28.6 Å². The quantitative estimate of drug-likeness (QED) is 0.653. The molecule has 2 heterocycles. The van der Waals surface area contributed by atoms with Gasteiger partial charge in [0, 0.05) is 24.8 Å². The molecular formula is C25H25N3O3. The van der Waals surface area contributed by atoms with Crippen LogP contribution in [0.4, 0.5) is 15.3 Å². The van der Waals surface area contributed by atoms with Gasteiger partial charge in [0.15, 0.2) is 0 Å². The average Bonchev–Trinajstić information content (AvgIpc) is 3.21. The van der Waals surface area contributed by atoms with E-state index in [0.29, 0.717) is 19.7 Å². The first kappa shape index (κ1) is 19.4. The fraction of sp³-hybridized carbons (Fsp3) is 0.280. The summed E-state index contributed by atoms with van der Waals surface area (Å²) in [5, 5.41) is 5.25. The lowest BCUT2D eigenvalue weighted by molar-refractivity contribution is 0.116. The highest BCUT2D eigenvalue weighted by molar-refractivity contribution is 5.93. The van der Waals surface area contributed by atoms with Crippen LogP contribution in [0.1, 0.15) is 24.4 Å². The van der Waals surface area contributed by atoms with E-state index in [1.165, 1.54) is 0 Å². The van der Waals surface area contributed by atoms with Crippen LogP contribution in [0, 0.1) is 0 Å². The molecule has 1 N–H and O–H groups in total. The van der Waals surface area contributed by atoms with Crippen molar-refractivity contribution in [3.05, 3.63) is 78.4 Å².